The molecule has 3 fully saturated rings. The van der Waals surface area contributed by atoms with Gasteiger partial charge in [0.05, 0.1) is 23.5 Å². The molecule has 1 aromatic heterocycles. The zero-order chi connectivity index (χ0) is 17.6. The van der Waals surface area contributed by atoms with Gasteiger partial charge in [0, 0.05) is 32.1 Å². The van der Waals surface area contributed by atoms with Crippen molar-refractivity contribution in [3.05, 3.63) is 11.7 Å². The number of aromatic nitrogens is 2. The van der Waals surface area contributed by atoms with Gasteiger partial charge in [0.1, 0.15) is 0 Å². The summed E-state index contributed by atoms with van der Waals surface area (Å²) in [7, 11) is -3.02. The largest absolute Gasteiger partial charge is 0.340 e. The maximum Gasteiger partial charge on any atom is 0.243 e. The molecule has 0 aromatic carbocycles. The van der Waals surface area contributed by atoms with Gasteiger partial charge in [-0.25, -0.2) is 8.42 Å². The van der Waals surface area contributed by atoms with Gasteiger partial charge in [-0.1, -0.05) is 5.16 Å². The zero-order valence-corrected chi connectivity index (χ0v) is 15.2. The molecule has 3 heterocycles. The topological polar surface area (TPSA) is 96.6 Å². The van der Waals surface area contributed by atoms with Gasteiger partial charge in [-0.3, -0.25) is 9.69 Å². The monoisotopic (exact) mass is 368 g/mol. The number of hydrogen-bond donors (Lipinski definition) is 0. The van der Waals surface area contributed by atoms with E-state index in [1.807, 2.05) is 6.92 Å². The van der Waals surface area contributed by atoms with E-state index in [0.717, 1.165) is 31.8 Å². The van der Waals surface area contributed by atoms with Gasteiger partial charge in [0.2, 0.25) is 11.8 Å². The Bertz CT molecular complexity index is 750. The summed E-state index contributed by atoms with van der Waals surface area (Å²) in [5, 5.41) is 4.07. The van der Waals surface area contributed by atoms with Gasteiger partial charge in [0.25, 0.3) is 0 Å². The molecule has 2 saturated heterocycles. The second kappa shape index (κ2) is 6.35. The molecule has 1 aromatic rings. The highest BCUT2D eigenvalue weighted by Crippen LogP contribution is 2.38. The quantitative estimate of drug-likeness (QED) is 0.767. The summed E-state index contributed by atoms with van der Waals surface area (Å²) in [5.74, 6) is 1.71. The molecular formula is C16H24N4O4S. The van der Waals surface area contributed by atoms with Crippen molar-refractivity contribution in [3.63, 3.8) is 0 Å². The number of hydrogen-bond acceptors (Lipinski definition) is 7. The first-order valence-corrected chi connectivity index (χ1v) is 10.8. The van der Waals surface area contributed by atoms with Crippen molar-refractivity contribution in [1.82, 2.24) is 19.9 Å². The summed E-state index contributed by atoms with van der Waals surface area (Å²) in [6.45, 7) is 4.74. The smallest absolute Gasteiger partial charge is 0.243 e. The highest BCUT2D eigenvalue weighted by molar-refractivity contribution is 7.91. The van der Waals surface area contributed by atoms with Gasteiger partial charge in [-0.05, 0) is 26.2 Å². The molecule has 3 aliphatic rings. The Morgan fingerprint density at radius 3 is 2.52 bits per heavy atom. The molecule has 2 atom stereocenters. The van der Waals surface area contributed by atoms with Crippen LogP contribution in [0, 0.1) is 5.92 Å². The summed E-state index contributed by atoms with van der Waals surface area (Å²) < 4.78 is 28.6. The third-order valence-electron chi connectivity index (χ3n) is 5.51. The normalized spacial score (nSPS) is 28.2. The minimum atomic E-state index is -3.02. The molecule has 138 valence electrons. The minimum absolute atomic E-state index is 0.00831. The molecule has 1 aliphatic carbocycles. The number of carbonyl (C=O) groups excluding carboxylic acids is 1. The lowest BCUT2D eigenvalue weighted by Crippen LogP contribution is -2.51. The molecule has 4 rings (SSSR count). The van der Waals surface area contributed by atoms with E-state index in [-0.39, 0.29) is 29.4 Å². The van der Waals surface area contributed by atoms with Crippen molar-refractivity contribution in [1.29, 1.82) is 0 Å². The first kappa shape index (κ1) is 17.0. The minimum Gasteiger partial charge on any atom is -0.340 e. The highest BCUT2D eigenvalue weighted by Gasteiger charge is 2.37. The molecule has 2 aliphatic heterocycles. The predicted octanol–water partition coefficient (Wildman–Crippen LogP) is 0.587. The Hall–Kier alpha value is -1.48. The van der Waals surface area contributed by atoms with Gasteiger partial charge in [-0.2, -0.15) is 4.98 Å². The van der Waals surface area contributed by atoms with Crippen LogP contribution in [-0.4, -0.2) is 72.0 Å². The van der Waals surface area contributed by atoms with E-state index < -0.39 is 9.84 Å². The van der Waals surface area contributed by atoms with E-state index in [2.05, 4.69) is 15.0 Å². The lowest BCUT2D eigenvalue weighted by atomic mass is 10.1. The predicted molar refractivity (Wildman–Crippen MR) is 89.6 cm³/mol. The Morgan fingerprint density at radius 1 is 1.20 bits per heavy atom. The van der Waals surface area contributed by atoms with Gasteiger partial charge in [0.15, 0.2) is 15.7 Å². The summed E-state index contributed by atoms with van der Waals surface area (Å²) in [6.07, 6.45) is 2.75. The SMILES string of the molecule is C[C@@H](c1nc(C2CC2)no1)N1CCN(C(=O)[C@H]2CCS(=O)(=O)C2)CC1. The van der Waals surface area contributed by atoms with E-state index in [0.29, 0.717) is 31.3 Å². The van der Waals surface area contributed by atoms with E-state index in [9.17, 15) is 13.2 Å². The van der Waals surface area contributed by atoms with Crippen LogP contribution in [0.5, 0.6) is 0 Å². The molecular weight excluding hydrogens is 344 g/mol. The number of amides is 1. The molecule has 0 N–H and O–H groups in total. The molecule has 8 nitrogen and oxygen atoms in total. The van der Waals surface area contributed by atoms with Crippen molar-refractivity contribution in [3.8, 4) is 0 Å². The van der Waals surface area contributed by atoms with Crippen LogP contribution in [0.25, 0.3) is 0 Å². The van der Waals surface area contributed by atoms with Gasteiger partial charge < -0.3 is 9.42 Å². The van der Waals surface area contributed by atoms with Gasteiger partial charge >= 0.3 is 0 Å². The number of carbonyl (C=O) groups is 1. The summed E-state index contributed by atoms with van der Waals surface area (Å²) in [4.78, 5) is 21.1. The molecule has 0 unspecified atom stereocenters. The lowest BCUT2D eigenvalue weighted by molar-refractivity contribution is -0.136. The van der Waals surface area contributed by atoms with Crippen LogP contribution in [0.2, 0.25) is 0 Å². The van der Waals surface area contributed by atoms with E-state index in [1.54, 1.807) is 4.90 Å². The fourth-order valence-corrected chi connectivity index (χ4v) is 5.39. The van der Waals surface area contributed by atoms with Crippen molar-refractivity contribution in [2.24, 2.45) is 5.92 Å². The van der Waals surface area contributed by atoms with Gasteiger partial charge in [-0.15, -0.1) is 0 Å². The molecule has 1 saturated carbocycles. The van der Waals surface area contributed by atoms with Crippen molar-refractivity contribution in [2.45, 2.75) is 38.1 Å². The van der Waals surface area contributed by atoms with Crippen LogP contribution in [-0.2, 0) is 14.6 Å². The van der Waals surface area contributed by atoms with Crippen molar-refractivity contribution >= 4 is 15.7 Å². The van der Waals surface area contributed by atoms with E-state index in [1.165, 1.54) is 0 Å². The lowest BCUT2D eigenvalue weighted by Gasteiger charge is -2.37. The van der Waals surface area contributed by atoms with Crippen LogP contribution < -0.4 is 0 Å². The second-order valence-electron chi connectivity index (χ2n) is 7.40. The van der Waals surface area contributed by atoms with Crippen LogP contribution in [0.15, 0.2) is 4.52 Å². The molecule has 25 heavy (non-hydrogen) atoms. The standard InChI is InChI=1S/C16H24N4O4S/c1-11(15-17-14(18-24-15)12-2-3-12)19-5-7-20(8-6-19)16(21)13-4-9-25(22,23)10-13/h11-13H,2-10H2,1H3/t11-,13-/m0/s1. The van der Waals surface area contributed by atoms with Crippen molar-refractivity contribution in [2.75, 3.05) is 37.7 Å². The van der Waals surface area contributed by atoms with E-state index in [4.69, 9.17) is 4.52 Å². The Balaban J connectivity index is 1.32. The van der Waals surface area contributed by atoms with Crippen LogP contribution in [0.1, 0.15) is 49.9 Å². The number of rotatable bonds is 4. The molecule has 0 radical (unpaired) electrons. The van der Waals surface area contributed by atoms with E-state index >= 15 is 0 Å². The zero-order valence-electron chi connectivity index (χ0n) is 14.4. The molecule has 0 spiro atoms. The fraction of sp³-hybridized carbons (Fsp3) is 0.812. The third-order valence-corrected chi connectivity index (χ3v) is 7.28. The Labute approximate surface area is 147 Å². The average Bonchev–Trinajstić information content (AvgIpc) is 3.22. The van der Waals surface area contributed by atoms with Crippen molar-refractivity contribution < 1.29 is 17.7 Å². The second-order valence-corrected chi connectivity index (χ2v) is 9.63. The number of nitrogens with zero attached hydrogens (tertiary/aromatic N) is 4. The summed E-state index contributed by atoms with van der Waals surface area (Å²) in [6, 6.07) is 0.0316. The Kier molecular flexibility index (Phi) is 4.31. The molecule has 9 heteroatoms. The highest BCUT2D eigenvalue weighted by atomic mass is 32.2. The first-order valence-electron chi connectivity index (χ1n) is 9.00. The van der Waals surface area contributed by atoms with Crippen LogP contribution in [0.4, 0.5) is 0 Å². The maximum absolute atomic E-state index is 12.5. The fourth-order valence-electron chi connectivity index (χ4n) is 3.66. The summed E-state index contributed by atoms with van der Waals surface area (Å²) in [5.41, 5.74) is 0. The third kappa shape index (κ3) is 3.57. The average molecular weight is 368 g/mol. The number of piperazine rings is 1. The van der Waals surface area contributed by atoms with Crippen LogP contribution in [0.3, 0.4) is 0 Å². The Morgan fingerprint density at radius 2 is 1.92 bits per heavy atom. The summed E-state index contributed by atoms with van der Waals surface area (Å²) >= 11 is 0. The van der Waals surface area contributed by atoms with Crippen LogP contribution >= 0.6 is 0 Å². The molecule has 0 bridgehead atoms. The maximum atomic E-state index is 12.5. The molecule has 1 amide bonds. The number of sulfone groups is 1. The first-order chi connectivity index (χ1) is 11.9.